The molecule has 1 heterocycles. The van der Waals surface area contributed by atoms with Crippen molar-refractivity contribution >= 4 is 34.6 Å². The Morgan fingerprint density at radius 1 is 1.14 bits per heavy atom. The summed E-state index contributed by atoms with van der Waals surface area (Å²) in [4.78, 5) is 40.7. The number of amides is 1. The zero-order chi connectivity index (χ0) is 25.0. The maximum Gasteiger partial charge on any atom is 0.376 e. The number of carbonyl (C=O) groups excluding carboxylic acids is 3. The quantitative estimate of drug-likeness (QED) is 0.171. The molecule has 0 aliphatic carbocycles. The van der Waals surface area contributed by atoms with Gasteiger partial charge in [-0.1, -0.05) is 60.7 Å². The van der Waals surface area contributed by atoms with Crippen molar-refractivity contribution in [1.29, 1.82) is 0 Å². The van der Waals surface area contributed by atoms with Crippen LogP contribution in [0.25, 0.3) is 10.8 Å². The average Bonchev–Trinajstić information content (AvgIpc) is 3.17. The van der Waals surface area contributed by atoms with E-state index in [2.05, 4.69) is 10.4 Å². The molecular formula is C27H28N4O4. The summed E-state index contributed by atoms with van der Waals surface area (Å²) in [6.45, 7) is 3.65. The van der Waals surface area contributed by atoms with E-state index in [-0.39, 0.29) is 25.6 Å². The molecule has 0 saturated carbocycles. The van der Waals surface area contributed by atoms with E-state index >= 15 is 0 Å². The number of ether oxygens (including phenoxy) is 1. The third kappa shape index (κ3) is 4.65. The first-order valence-electron chi connectivity index (χ1n) is 11.5. The van der Waals surface area contributed by atoms with Gasteiger partial charge in [0.2, 0.25) is 5.91 Å². The lowest BCUT2D eigenvalue weighted by Gasteiger charge is -2.37. The lowest BCUT2D eigenvalue weighted by Crippen LogP contribution is -2.54. The Balaban J connectivity index is 1.75. The summed E-state index contributed by atoms with van der Waals surface area (Å²) in [5, 5.41) is 8.40. The lowest BCUT2D eigenvalue weighted by atomic mass is 9.87. The first-order chi connectivity index (χ1) is 16.9. The van der Waals surface area contributed by atoms with E-state index in [1.54, 1.807) is 25.0 Å². The van der Waals surface area contributed by atoms with Crippen molar-refractivity contribution in [2.24, 2.45) is 10.9 Å². The molecule has 3 aromatic carbocycles. The molecule has 8 heteroatoms. The van der Waals surface area contributed by atoms with E-state index in [1.807, 2.05) is 66.7 Å². The molecule has 2 atom stereocenters. The number of nitrogens with zero attached hydrogens (tertiary/aromatic N) is 2. The SMILES string of the molecule is CCOC(=O)C(=O)C(Cc1ccc2ccc(C=NN)cc2c1)N1CNC(=O)C1(C)c1ccccc1. The Hall–Kier alpha value is -4.04. The highest BCUT2D eigenvalue weighted by Gasteiger charge is 2.51. The van der Waals surface area contributed by atoms with Gasteiger partial charge in [0.1, 0.15) is 5.54 Å². The third-order valence-electron chi connectivity index (χ3n) is 6.50. The fourth-order valence-electron chi connectivity index (χ4n) is 4.61. The van der Waals surface area contributed by atoms with Gasteiger partial charge in [-0.05, 0) is 53.8 Å². The zero-order valence-electron chi connectivity index (χ0n) is 19.7. The molecule has 0 aromatic heterocycles. The monoisotopic (exact) mass is 472 g/mol. The van der Waals surface area contributed by atoms with Crippen LogP contribution in [0.3, 0.4) is 0 Å². The molecule has 8 nitrogen and oxygen atoms in total. The van der Waals surface area contributed by atoms with E-state index < -0.39 is 23.3 Å². The fourth-order valence-corrected chi connectivity index (χ4v) is 4.61. The summed E-state index contributed by atoms with van der Waals surface area (Å²) in [6, 6.07) is 20.0. The number of benzene rings is 3. The number of esters is 1. The van der Waals surface area contributed by atoms with Crippen molar-refractivity contribution in [1.82, 2.24) is 10.2 Å². The number of rotatable bonds is 8. The minimum atomic E-state index is -1.13. The molecule has 2 unspecified atom stereocenters. The second kappa shape index (κ2) is 10.1. The van der Waals surface area contributed by atoms with E-state index in [4.69, 9.17) is 10.6 Å². The van der Waals surface area contributed by atoms with Crippen LogP contribution in [-0.4, -0.2) is 48.1 Å². The van der Waals surface area contributed by atoms with Crippen molar-refractivity contribution in [2.45, 2.75) is 31.8 Å². The zero-order valence-corrected chi connectivity index (χ0v) is 19.7. The van der Waals surface area contributed by atoms with Gasteiger partial charge in [-0.3, -0.25) is 14.5 Å². The smallest absolute Gasteiger partial charge is 0.376 e. The second-order valence-electron chi connectivity index (χ2n) is 8.60. The second-order valence-corrected chi connectivity index (χ2v) is 8.60. The number of nitrogens with two attached hydrogens (primary N) is 1. The Kier molecular flexibility index (Phi) is 6.93. The third-order valence-corrected chi connectivity index (χ3v) is 6.50. The van der Waals surface area contributed by atoms with Crippen LogP contribution in [0.5, 0.6) is 0 Å². The van der Waals surface area contributed by atoms with Gasteiger partial charge in [0, 0.05) is 0 Å². The maximum atomic E-state index is 13.4. The molecule has 1 aliphatic rings. The topological polar surface area (TPSA) is 114 Å². The number of Topliss-reactive ketones (excluding diaryl/α,β-unsaturated/α-hetero) is 1. The highest BCUT2D eigenvalue weighted by Crippen LogP contribution is 2.35. The van der Waals surface area contributed by atoms with Gasteiger partial charge in [0.25, 0.3) is 5.78 Å². The van der Waals surface area contributed by atoms with Gasteiger partial charge in [-0.2, -0.15) is 5.10 Å². The number of fused-ring (bicyclic) bond motifs is 1. The molecule has 3 N–H and O–H groups in total. The van der Waals surface area contributed by atoms with Crippen molar-refractivity contribution in [3.8, 4) is 0 Å². The van der Waals surface area contributed by atoms with Crippen LogP contribution in [0.15, 0.2) is 71.8 Å². The molecular weight excluding hydrogens is 444 g/mol. The Labute approximate surface area is 203 Å². The van der Waals surface area contributed by atoms with E-state index in [9.17, 15) is 14.4 Å². The van der Waals surface area contributed by atoms with Gasteiger partial charge in [-0.15, -0.1) is 0 Å². The van der Waals surface area contributed by atoms with E-state index in [0.717, 1.165) is 27.5 Å². The van der Waals surface area contributed by atoms with Crippen LogP contribution in [0.1, 0.15) is 30.5 Å². The highest BCUT2D eigenvalue weighted by atomic mass is 16.5. The minimum Gasteiger partial charge on any atom is -0.460 e. The summed E-state index contributed by atoms with van der Waals surface area (Å²) >= 11 is 0. The number of carbonyl (C=O) groups is 3. The van der Waals surface area contributed by atoms with Crippen LogP contribution in [0.2, 0.25) is 0 Å². The molecule has 1 saturated heterocycles. The molecule has 1 aliphatic heterocycles. The number of nitrogens with one attached hydrogen (secondary N) is 1. The largest absolute Gasteiger partial charge is 0.460 e. The molecule has 180 valence electrons. The van der Waals surface area contributed by atoms with Gasteiger partial charge in [-0.25, -0.2) is 4.79 Å². The maximum absolute atomic E-state index is 13.4. The Bertz CT molecular complexity index is 1290. The van der Waals surface area contributed by atoms with Crippen LogP contribution in [-0.2, 0) is 31.1 Å². The van der Waals surface area contributed by atoms with Gasteiger partial charge < -0.3 is 15.9 Å². The fraction of sp³-hybridized carbons (Fsp3) is 0.259. The summed E-state index contributed by atoms with van der Waals surface area (Å²) in [7, 11) is 0. The first kappa shape index (κ1) is 24.1. The van der Waals surface area contributed by atoms with E-state index in [1.165, 1.54) is 0 Å². The van der Waals surface area contributed by atoms with Crippen LogP contribution < -0.4 is 11.2 Å². The predicted molar refractivity (Wildman–Crippen MR) is 134 cm³/mol. The normalized spacial score (nSPS) is 19.1. The summed E-state index contributed by atoms with van der Waals surface area (Å²) in [5.41, 5.74) is 1.30. The molecule has 35 heavy (non-hydrogen) atoms. The standard InChI is InChI=1S/C27H28N4O4/c1-3-35-25(33)24(32)23(31-17-29-26(34)27(31,2)22-7-5-4-6-8-22)15-18-9-11-20-12-10-19(16-30-28)14-21(20)13-18/h4-14,16,23H,3,15,17,28H2,1-2H3,(H,29,34). The van der Waals surface area contributed by atoms with Gasteiger partial charge >= 0.3 is 5.97 Å². The Morgan fingerprint density at radius 2 is 1.89 bits per heavy atom. The Morgan fingerprint density at radius 3 is 2.60 bits per heavy atom. The molecule has 3 aromatic rings. The minimum absolute atomic E-state index is 0.0892. The van der Waals surface area contributed by atoms with Crippen molar-refractivity contribution in [2.75, 3.05) is 13.3 Å². The van der Waals surface area contributed by atoms with Crippen molar-refractivity contribution < 1.29 is 19.1 Å². The number of hydrazone groups is 1. The van der Waals surface area contributed by atoms with E-state index in [0.29, 0.717) is 0 Å². The van der Waals surface area contributed by atoms with Gasteiger partial charge in [0.05, 0.1) is 25.5 Å². The number of hydrogen-bond donors (Lipinski definition) is 2. The van der Waals surface area contributed by atoms with Crippen LogP contribution in [0, 0.1) is 0 Å². The summed E-state index contributed by atoms with van der Waals surface area (Å²) < 4.78 is 5.05. The summed E-state index contributed by atoms with van der Waals surface area (Å²) in [5.74, 6) is 3.47. The highest BCUT2D eigenvalue weighted by molar-refractivity contribution is 6.35. The molecule has 0 bridgehead atoms. The lowest BCUT2D eigenvalue weighted by molar-refractivity contribution is -0.157. The first-order valence-corrected chi connectivity index (χ1v) is 11.5. The number of hydrogen-bond acceptors (Lipinski definition) is 7. The molecule has 1 fully saturated rings. The molecule has 4 rings (SSSR count). The predicted octanol–water partition coefficient (Wildman–Crippen LogP) is 2.48. The molecule has 0 radical (unpaired) electrons. The molecule has 0 spiro atoms. The van der Waals surface area contributed by atoms with Crippen LogP contribution >= 0.6 is 0 Å². The van der Waals surface area contributed by atoms with Crippen molar-refractivity contribution in [3.05, 3.63) is 83.4 Å². The molecule has 1 amide bonds. The van der Waals surface area contributed by atoms with Gasteiger partial charge in [0.15, 0.2) is 0 Å². The van der Waals surface area contributed by atoms with Crippen molar-refractivity contribution in [3.63, 3.8) is 0 Å². The average molecular weight is 473 g/mol. The number of ketones is 1. The summed E-state index contributed by atoms with van der Waals surface area (Å²) in [6.07, 6.45) is 1.78. The van der Waals surface area contributed by atoms with Crippen LogP contribution in [0.4, 0.5) is 0 Å².